The fraction of sp³-hybridized carbons (Fsp3) is 0.333. The molecule has 0 aromatic heterocycles. The molecule has 0 saturated carbocycles. The number of ketones is 1. The number of carbonyl (C=O) groups excluding carboxylic acids is 4. The Hall–Kier alpha value is -3.39. The normalized spacial score (nSPS) is 21.7. The van der Waals surface area contributed by atoms with Crippen molar-refractivity contribution in [2.24, 2.45) is 0 Å². The highest BCUT2D eigenvalue weighted by Gasteiger charge is 2.63. The molecule has 2 heterocycles. The average molecular weight is 470 g/mol. The number of likely N-dealkylation sites (N-methyl/N-ethyl adjacent to an activating group) is 1. The van der Waals surface area contributed by atoms with E-state index >= 15 is 0 Å². The molecule has 8 nitrogen and oxygen atoms in total. The SMILES string of the molecule is CC(=O)N1c2ccccc2C(=O)C1[C@]1(NC(=O)OC(C)(C)C)C(=O)N(C)c2cc(Cl)ccc21. The average Bonchev–Trinajstić information content (AvgIpc) is 3.12. The number of para-hydroxylation sites is 1. The first-order valence-electron chi connectivity index (χ1n) is 10.4. The van der Waals surface area contributed by atoms with Gasteiger partial charge in [-0.05, 0) is 45.0 Å². The van der Waals surface area contributed by atoms with Gasteiger partial charge in [0.05, 0.1) is 11.4 Å². The van der Waals surface area contributed by atoms with E-state index in [-0.39, 0.29) is 0 Å². The molecule has 33 heavy (non-hydrogen) atoms. The number of carbonyl (C=O) groups is 4. The zero-order chi connectivity index (χ0) is 24.3. The van der Waals surface area contributed by atoms with Crippen LogP contribution in [-0.4, -0.2) is 42.4 Å². The van der Waals surface area contributed by atoms with Crippen LogP contribution in [0.3, 0.4) is 0 Å². The summed E-state index contributed by atoms with van der Waals surface area (Å²) in [4.78, 5) is 56.0. The van der Waals surface area contributed by atoms with E-state index in [9.17, 15) is 19.2 Å². The second-order valence-corrected chi connectivity index (χ2v) is 9.57. The van der Waals surface area contributed by atoms with Gasteiger partial charge in [-0.2, -0.15) is 0 Å². The lowest BCUT2D eigenvalue weighted by molar-refractivity contribution is -0.125. The number of Topliss-reactive ketones (excluding diaryl/α,β-unsaturated/α-hetero) is 1. The van der Waals surface area contributed by atoms with Gasteiger partial charge in [0, 0.05) is 30.1 Å². The molecule has 9 heteroatoms. The summed E-state index contributed by atoms with van der Waals surface area (Å²) in [5.74, 6) is -1.48. The van der Waals surface area contributed by atoms with E-state index in [1.807, 2.05) is 0 Å². The van der Waals surface area contributed by atoms with Gasteiger partial charge in [-0.25, -0.2) is 4.79 Å². The molecule has 2 aromatic rings. The second-order valence-electron chi connectivity index (χ2n) is 9.13. The Morgan fingerprint density at radius 1 is 1.09 bits per heavy atom. The number of hydrogen-bond donors (Lipinski definition) is 1. The fourth-order valence-corrected chi connectivity index (χ4v) is 4.73. The molecule has 2 atom stereocenters. The van der Waals surface area contributed by atoms with Crippen molar-refractivity contribution in [3.8, 4) is 0 Å². The molecule has 1 N–H and O–H groups in total. The minimum absolute atomic E-state index is 0.293. The zero-order valence-corrected chi connectivity index (χ0v) is 19.7. The fourth-order valence-electron chi connectivity index (χ4n) is 4.56. The lowest BCUT2D eigenvalue weighted by atomic mass is 9.81. The Morgan fingerprint density at radius 3 is 2.39 bits per heavy atom. The van der Waals surface area contributed by atoms with E-state index in [4.69, 9.17) is 16.3 Å². The van der Waals surface area contributed by atoms with Gasteiger partial charge in [-0.3, -0.25) is 19.3 Å². The molecule has 0 spiro atoms. The quantitative estimate of drug-likeness (QED) is 0.724. The molecular weight excluding hydrogens is 446 g/mol. The summed E-state index contributed by atoms with van der Waals surface area (Å²) >= 11 is 6.18. The van der Waals surface area contributed by atoms with Gasteiger partial charge in [0.15, 0.2) is 11.3 Å². The predicted molar refractivity (Wildman–Crippen MR) is 124 cm³/mol. The molecule has 1 unspecified atom stereocenters. The van der Waals surface area contributed by atoms with E-state index in [2.05, 4.69) is 5.32 Å². The number of nitrogens with zero attached hydrogens (tertiary/aromatic N) is 2. The van der Waals surface area contributed by atoms with E-state index in [0.717, 1.165) is 0 Å². The number of benzene rings is 2. The van der Waals surface area contributed by atoms with Crippen LogP contribution < -0.4 is 15.1 Å². The van der Waals surface area contributed by atoms with Crippen LogP contribution in [0.1, 0.15) is 43.6 Å². The van der Waals surface area contributed by atoms with Crippen molar-refractivity contribution < 1.29 is 23.9 Å². The molecule has 3 amide bonds. The molecule has 0 bridgehead atoms. The summed E-state index contributed by atoms with van der Waals surface area (Å²) in [5, 5.41) is 3.07. The maximum atomic E-state index is 13.9. The van der Waals surface area contributed by atoms with Gasteiger partial charge >= 0.3 is 6.09 Å². The lowest BCUT2D eigenvalue weighted by Crippen LogP contribution is -2.66. The third-order valence-electron chi connectivity index (χ3n) is 5.77. The van der Waals surface area contributed by atoms with Crippen LogP contribution in [0.5, 0.6) is 0 Å². The number of halogens is 1. The van der Waals surface area contributed by atoms with Crippen molar-refractivity contribution in [2.45, 2.75) is 44.9 Å². The Morgan fingerprint density at radius 2 is 1.76 bits per heavy atom. The summed E-state index contributed by atoms with van der Waals surface area (Å²) in [6.45, 7) is 6.38. The Labute approximate surface area is 196 Å². The minimum Gasteiger partial charge on any atom is -0.444 e. The second kappa shape index (κ2) is 7.59. The Balaban J connectivity index is 1.98. The number of amides is 3. The highest BCUT2D eigenvalue weighted by Crippen LogP contribution is 2.48. The number of alkyl carbamates (subject to hydrolysis) is 1. The van der Waals surface area contributed by atoms with Crippen LogP contribution in [-0.2, 0) is 19.9 Å². The molecule has 0 aliphatic carbocycles. The number of ether oxygens (including phenoxy) is 1. The molecule has 2 aromatic carbocycles. The summed E-state index contributed by atoms with van der Waals surface area (Å²) in [7, 11) is 1.53. The highest BCUT2D eigenvalue weighted by atomic mass is 35.5. The maximum Gasteiger partial charge on any atom is 0.408 e. The monoisotopic (exact) mass is 469 g/mol. The van der Waals surface area contributed by atoms with E-state index in [0.29, 0.717) is 27.5 Å². The highest BCUT2D eigenvalue weighted by molar-refractivity contribution is 6.31. The first-order valence-corrected chi connectivity index (χ1v) is 10.8. The van der Waals surface area contributed by atoms with E-state index < -0.39 is 40.9 Å². The van der Waals surface area contributed by atoms with Gasteiger partial charge in [-0.1, -0.05) is 29.8 Å². The predicted octanol–water partition coefficient (Wildman–Crippen LogP) is 3.65. The van der Waals surface area contributed by atoms with Crippen molar-refractivity contribution in [3.05, 3.63) is 58.6 Å². The molecule has 2 aliphatic rings. The number of nitrogens with one attached hydrogen (secondary N) is 1. The van der Waals surface area contributed by atoms with Crippen LogP contribution in [0.15, 0.2) is 42.5 Å². The summed E-state index contributed by atoms with van der Waals surface area (Å²) in [5.41, 5.74) is -1.33. The summed E-state index contributed by atoms with van der Waals surface area (Å²) in [6, 6.07) is 10.0. The first kappa shape index (κ1) is 22.8. The van der Waals surface area contributed by atoms with Gasteiger partial charge in [-0.15, -0.1) is 0 Å². The molecule has 0 saturated heterocycles. The first-order chi connectivity index (χ1) is 15.4. The lowest BCUT2D eigenvalue weighted by Gasteiger charge is -2.38. The molecule has 0 fully saturated rings. The van der Waals surface area contributed by atoms with Crippen LogP contribution in [0.4, 0.5) is 16.2 Å². The minimum atomic E-state index is -1.92. The smallest absolute Gasteiger partial charge is 0.408 e. The van der Waals surface area contributed by atoms with Crippen molar-refractivity contribution >= 4 is 46.7 Å². The van der Waals surface area contributed by atoms with E-state index in [1.54, 1.807) is 63.2 Å². The van der Waals surface area contributed by atoms with Gasteiger partial charge < -0.3 is 15.0 Å². The van der Waals surface area contributed by atoms with Gasteiger partial charge in [0.1, 0.15) is 11.6 Å². The van der Waals surface area contributed by atoms with Crippen molar-refractivity contribution in [1.82, 2.24) is 5.32 Å². The van der Waals surface area contributed by atoms with Crippen molar-refractivity contribution in [1.29, 1.82) is 0 Å². The van der Waals surface area contributed by atoms with Crippen LogP contribution >= 0.6 is 11.6 Å². The van der Waals surface area contributed by atoms with Crippen LogP contribution in [0.25, 0.3) is 0 Å². The zero-order valence-electron chi connectivity index (χ0n) is 18.9. The van der Waals surface area contributed by atoms with E-state index in [1.165, 1.54) is 23.8 Å². The molecule has 172 valence electrons. The Kier molecular flexibility index (Phi) is 5.24. The number of rotatable bonds is 2. The molecule has 0 radical (unpaired) electrons. The number of hydrogen-bond acceptors (Lipinski definition) is 5. The maximum absolute atomic E-state index is 13.9. The summed E-state index contributed by atoms with van der Waals surface area (Å²) < 4.78 is 5.45. The van der Waals surface area contributed by atoms with Gasteiger partial charge in [0.25, 0.3) is 5.91 Å². The standard InChI is InChI=1S/C24H24ClN3O5/c1-13(29)28-17-9-7-6-8-15(17)19(30)20(28)24(26-22(32)33-23(2,3)4)16-11-10-14(25)12-18(16)27(5)21(24)31/h6-12,20H,1-5H3,(H,26,32)/t20?,24-/m0/s1. The van der Waals surface area contributed by atoms with Gasteiger partial charge in [0.2, 0.25) is 5.91 Å². The molecule has 4 rings (SSSR count). The third-order valence-corrected chi connectivity index (χ3v) is 6.01. The third kappa shape index (κ3) is 3.45. The summed E-state index contributed by atoms with van der Waals surface area (Å²) in [6.07, 6.45) is -0.890. The number of fused-ring (bicyclic) bond motifs is 2. The molecule has 2 aliphatic heterocycles. The Bertz CT molecular complexity index is 1200. The number of anilines is 2. The topological polar surface area (TPSA) is 96.0 Å². The van der Waals surface area contributed by atoms with Crippen molar-refractivity contribution in [2.75, 3.05) is 16.8 Å². The van der Waals surface area contributed by atoms with Crippen LogP contribution in [0.2, 0.25) is 5.02 Å². The van der Waals surface area contributed by atoms with Crippen molar-refractivity contribution in [3.63, 3.8) is 0 Å². The van der Waals surface area contributed by atoms with Crippen LogP contribution in [0, 0.1) is 0 Å². The molecular formula is C24H24ClN3O5. The largest absolute Gasteiger partial charge is 0.444 e.